The van der Waals surface area contributed by atoms with Gasteiger partial charge in [-0.05, 0) is 55.6 Å². The van der Waals surface area contributed by atoms with Crippen molar-refractivity contribution in [2.24, 2.45) is 0 Å². The molecular formula is C24H22Cl2N2O3S. The third kappa shape index (κ3) is 3.41. The van der Waals surface area contributed by atoms with E-state index in [1.54, 1.807) is 48.5 Å². The van der Waals surface area contributed by atoms with Crippen LogP contribution in [0, 0.1) is 0 Å². The van der Waals surface area contributed by atoms with E-state index in [-0.39, 0.29) is 12.6 Å². The molecule has 32 heavy (non-hydrogen) atoms. The second-order valence-corrected chi connectivity index (χ2v) is 11.2. The van der Waals surface area contributed by atoms with E-state index in [4.69, 9.17) is 32.9 Å². The molecule has 2 aromatic carbocycles. The third-order valence-electron chi connectivity index (χ3n) is 6.48. The Morgan fingerprint density at radius 1 is 1.03 bits per heavy atom. The minimum atomic E-state index is -3.63. The number of sulfone groups is 1. The number of nitrogens with zero attached hydrogens (tertiary/aromatic N) is 1. The first-order valence-corrected chi connectivity index (χ1v) is 12.8. The zero-order chi connectivity index (χ0) is 22.3. The van der Waals surface area contributed by atoms with Crippen molar-refractivity contribution in [3.05, 3.63) is 87.5 Å². The summed E-state index contributed by atoms with van der Waals surface area (Å²) in [6.07, 6.45) is 1.90. The van der Waals surface area contributed by atoms with Crippen LogP contribution >= 0.6 is 23.2 Å². The molecule has 8 heteroatoms. The number of pyridine rings is 1. The normalized spacial score (nSPS) is 22.2. The molecule has 5 rings (SSSR count). The number of benzene rings is 2. The summed E-state index contributed by atoms with van der Waals surface area (Å²) in [7, 11) is -3.63. The summed E-state index contributed by atoms with van der Waals surface area (Å²) < 4.78 is 32.7. The molecule has 5 nitrogen and oxygen atoms in total. The molecule has 1 fully saturated rings. The van der Waals surface area contributed by atoms with Crippen LogP contribution in [0.1, 0.15) is 29.7 Å². The van der Waals surface area contributed by atoms with Crippen molar-refractivity contribution in [2.45, 2.75) is 41.6 Å². The summed E-state index contributed by atoms with van der Waals surface area (Å²) in [4.78, 5) is 5.04. The molecule has 2 unspecified atom stereocenters. The van der Waals surface area contributed by atoms with Gasteiger partial charge in [0.15, 0.2) is 9.84 Å². The van der Waals surface area contributed by atoms with Gasteiger partial charge >= 0.3 is 0 Å². The molecule has 1 N–H and O–H groups in total. The molecule has 1 aliphatic carbocycles. The molecule has 2 aliphatic rings. The van der Waals surface area contributed by atoms with Crippen molar-refractivity contribution in [2.75, 3.05) is 6.54 Å². The topological polar surface area (TPSA) is 68.3 Å². The minimum absolute atomic E-state index is 0.143. The Morgan fingerprint density at radius 3 is 2.53 bits per heavy atom. The predicted octanol–water partition coefficient (Wildman–Crippen LogP) is 4.94. The number of hydrogen-bond donors (Lipinski definition) is 1. The Balaban J connectivity index is 1.51. The molecule has 2 heterocycles. The first-order chi connectivity index (χ1) is 15.4. The van der Waals surface area contributed by atoms with Gasteiger partial charge in [-0.25, -0.2) is 13.4 Å². The Hall–Kier alpha value is -2.12. The van der Waals surface area contributed by atoms with E-state index in [0.717, 1.165) is 11.3 Å². The fraction of sp³-hybridized carbons (Fsp3) is 0.292. The number of aromatic nitrogens is 1. The highest BCUT2D eigenvalue weighted by molar-refractivity contribution is 7.92. The van der Waals surface area contributed by atoms with Crippen LogP contribution in [0.2, 0.25) is 10.0 Å². The zero-order valence-electron chi connectivity index (χ0n) is 17.2. The lowest BCUT2D eigenvalue weighted by Gasteiger charge is -2.39. The number of ether oxygens (including phenoxy) is 1. The van der Waals surface area contributed by atoms with Gasteiger partial charge in [0.2, 0.25) is 5.88 Å². The first kappa shape index (κ1) is 21.7. The number of rotatable bonds is 5. The highest BCUT2D eigenvalue weighted by atomic mass is 35.5. The zero-order valence-corrected chi connectivity index (χ0v) is 19.6. The van der Waals surface area contributed by atoms with Gasteiger partial charge in [0, 0.05) is 33.4 Å². The Kier molecular flexibility index (Phi) is 5.66. The van der Waals surface area contributed by atoms with Crippen LogP contribution in [-0.4, -0.2) is 26.0 Å². The number of fused-ring (bicyclic) bond motifs is 3. The van der Waals surface area contributed by atoms with Crippen molar-refractivity contribution in [1.29, 1.82) is 0 Å². The van der Waals surface area contributed by atoms with Crippen LogP contribution in [-0.2, 0) is 27.6 Å². The van der Waals surface area contributed by atoms with Gasteiger partial charge in [0.25, 0.3) is 0 Å². The number of halogens is 2. The molecule has 3 aromatic rings. The maximum Gasteiger partial charge on any atom is 0.213 e. The van der Waals surface area contributed by atoms with Crippen molar-refractivity contribution < 1.29 is 13.2 Å². The van der Waals surface area contributed by atoms with Gasteiger partial charge in [0.05, 0.1) is 4.90 Å². The monoisotopic (exact) mass is 488 g/mol. The molecule has 2 atom stereocenters. The van der Waals surface area contributed by atoms with Gasteiger partial charge < -0.3 is 10.1 Å². The fourth-order valence-corrected chi connectivity index (χ4v) is 7.80. The van der Waals surface area contributed by atoms with Gasteiger partial charge in [0.1, 0.15) is 11.4 Å². The lowest BCUT2D eigenvalue weighted by molar-refractivity contribution is 0.291. The van der Waals surface area contributed by atoms with E-state index < -0.39 is 14.6 Å². The molecule has 0 saturated carbocycles. The fourth-order valence-electron chi connectivity index (χ4n) is 4.94. The molecule has 0 bridgehead atoms. The largest absolute Gasteiger partial charge is 0.473 e. The van der Waals surface area contributed by atoms with Gasteiger partial charge in [-0.1, -0.05) is 53.5 Å². The molecule has 1 aromatic heterocycles. The third-order valence-corrected chi connectivity index (χ3v) is 9.75. The molecule has 0 amide bonds. The predicted molar refractivity (Wildman–Crippen MR) is 125 cm³/mol. The lowest BCUT2D eigenvalue weighted by atomic mass is 9.81. The van der Waals surface area contributed by atoms with Crippen LogP contribution in [0.3, 0.4) is 0 Å². The Labute approximate surface area is 197 Å². The molecule has 1 saturated heterocycles. The standard InChI is InChI=1S/C24H22Cl2N2O3S/c25-19-7-4-8-20(26)17(19)15-31-23-12-9-18-21(28-23)10-11-22-24(18,13-14-27-22)32(29,30)16-5-2-1-3-6-16/h1-9,12,22,27H,10-11,13-15H2. The van der Waals surface area contributed by atoms with Crippen molar-refractivity contribution in [1.82, 2.24) is 10.3 Å². The van der Waals surface area contributed by atoms with E-state index in [2.05, 4.69) is 5.32 Å². The highest BCUT2D eigenvalue weighted by Gasteiger charge is 2.57. The summed E-state index contributed by atoms with van der Waals surface area (Å²) in [5.41, 5.74) is 2.23. The van der Waals surface area contributed by atoms with Crippen LogP contribution in [0.15, 0.2) is 65.6 Å². The molecule has 0 spiro atoms. The van der Waals surface area contributed by atoms with E-state index in [9.17, 15) is 8.42 Å². The number of aryl methyl sites for hydroxylation is 1. The first-order valence-electron chi connectivity index (χ1n) is 10.5. The van der Waals surface area contributed by atoms with E-state index >= 15 is 0 Å². The maximum absolute atomic E-state index is 13.9. The molecular weight excluding hydrogens is 467 g/mol. The SMILES string of the molecule is O=S(=O)(c1ccccc1)C12CCNC1CCc1nc(OCc3c(Cl)cccc3Cl)ccc12. The molecule has 1 aliphatic heterocycles. The molecule has 0 radical (unpaired) electrons. The smallest absolute Gasteiger partial charge is 0.213 e. The van der Waals surface area contributed by atoms with Crippen LogP contribution in [0.4, 0.5) is 0 Å². The number of nitrogens with one attached hydrogen (secondary N) is 1. The summed E-state index contributed by atoms with van der Waals surface area (Å²) in [5, 5.41) is 4.48. The summed E-state index contributed by atoms with van der Waals surface area (Å²) in [6.45, 7) is 0.835. The Morgan fingerprint density at radius 2 is 1.78 bits per heavy atom. The molecule has 166 valence electrons. The van der Waals surface area contributed by atoms with Crippen molar-refractivity contribution in [3.8, 4) is 5.88 Å². The summed E-state index contributed by atoms with van der Waals surface area (Å²) >= 11 is 12.5. The average Bonchev–Trinajstić information content (AvgIpc) is 3.25. The van der Waals surface area contributed by atoms with E-state index in [1.165, 1.54) is 0 Å². The quantitative estimate of drug-likeness (QED) is 0.550. The van der Waals surface area contributed by atoms with Crippen LogP contribution in [0.5, 0.6) is 5.88 Å². The van der Waals surface area contributed by atoms with Gasteiger partial charge in [-0.2, -0.15) is 0 Å². The second kappa shape index (κ2) is 8.34. The average molecular weight is 489 g/mol. The van der Waals surface area contributed by atoms with Gasteiger partial charge in [-0.3, -0.25) is 0 Å². The maximum atomic E-state index is 13.9. The van der Waals surface area contributed by atoms with Gasteiger partial charge in [-0.15, -0.1) is 0 Å². The summed E-state index contributed by atoms with van der Waals surface area (Å²) in [6, 6.07) is 17.5. The highest BCUT2D eigenvalue weighted by Crippen LogP contribution is 2.49. The minimum Gasteiger partial charge on any atom is -0.473 e. The van der Waals surface area contributed by atoms with Crippen molar-refractivity contribution in [3.63, 3.8) is 0 Å². The number of hydrogen-bond acceptors (Lipinski definition) is 5. The lowest BCUT2D eigenvalue weighted by Crippen LogP contribution is -2.49. The van der Waals surface area contributed by atoms with Crippen LogP contribution in [0.25, 0.3) is 0 Å². The Bertz CT molecular complexity index is 1250. The van der Waals surface area contributed by atoms with E-state index in [0.29, 0.717) is 52.2 Å². The second-order valence-electron chi connectivity index (χ2n) is 8.13. The summed E-state index contributed by atoms with van der Waals surface area (Å²) in [5.74, 6) is 0.427. The van der Waals surface area contributed by atoms with Crippen molar-refractivity contribution >= 4 is 33.0 Å². The van der Waals surface area contributed by atoms with Crippen LogP contribution < -0.4 is 10.1 Å². The van der Waals surface area contributed by atoms with E-state index in [1.807, 2.05) is 12.1 Å².